The second kappa shape index (κ2) is 8.07. The molecule has 1 heterocycles. The van der Waals surface area contributed by atoms with E-state index < -0.39 is 0 Å². The molecule has 2 N–H and O–H groups in total. The lowest BCUT2D eigenvalue weighted by Crippen LogP contribution is -2.43. The highest BCUT2D eigenvalue weighted by Gasteiger charge is 2.43. The minimum Gasteiger partial charge on any atom is -0.496 e. The Bertz CT molecular complexity index is 915. The van der Waals surface area contributed by atoms with Gasteiger partial charge < -0.3 is 15.4 Å². The zero-order chi connectivity index (χ0) is 20.7. The van der Waals surface area contributed by atoms with Crippen LogP contribution in [-0.4, -0.2) is 37.0 Å². The van der Waals surface area contributed by atoms with Gasteiger partial charge in [-0.2, -0.15) is 0 Å². The van der Waals surface area contributed by atoms with Gasteiger partial charge in [0.05, 0.1) is 7.11 Å². The monoisotopic (exact) mass is 404 g/mol. The first-order valence-corrected chi connectivity index (χ1v) is 11.4. The van der Waals surface area contributed by atoms with E-state index in [1.807, 2.05) is 12.1 Å². The van der Waals surface area contributed by atoms with Crippen molar-refractivity contribution in [1.82, 2.24) is 4.90 Å². The van der Waals surface area contributed by atoms with E-state index in [-0.39, 0.29) is 5.91 Å². The van der Waals surface area contributed by atoms with Crippen LogP contribution < -0.4 is 10.5 Å². The van der Waals surface area contributed by atoms with Gasteiger partial charge in [0.2, 0.25) is 5.91 Å². The Morgan fingerprint density at radius 3 is 2.30 bits per heavy atom. The highest BCUT2D eigenvalue weighted by atomic mass is 16.5. The van der Waals surface area contributed by atoms with Gasteiger partial charge in [-0.3, -0.25) is 4.79 Å². The lowest BCUT2D eigenvalue weighted by molar-refractivity contribution is 0.100. The Hall–Kier alpha value is -2.33. The van der Waals surface area contributed by atoms with Crippen molar-refractivity contribution in [2.45, 2.75) is 50.5 Å². The Labute approximate surface area is 179 Å². The number of benzene rings is 2. The van der Waals surface area contributed by atoms with Crippen LogP contribution in [0.3, 0.4) is 0 Å². The first-order chi connectivity index (χ1) is 14.6. The van der Waals surface area contributed by atoms with Crippen molar-refractivity contribution in [2.24, 2.45) is 17.6 Å². The molecule has 0 unspecified atom stereocenters. The fourth-order valence-corrected chi connectivity index (χ4v) is 6.26. The maximum atomic E-state index is 11.4. The second-order valence-corrected chi connectivity index (χ2v) is 9.45. The third kappa shape index (κ3) is 3.62. The summed E-state index contributed by atoms with van der Waals surface area (Å²) in [5.74, 6) is 3.12. The molecule has 1 aliphatic heterocycles. The summed E-state index contributed by atoms with van der Waals surface area (Å²) in [6.07, 6.45) is 8.26. The van der Waals surface area contributed by atoms with Crippen LogP contribution in [0.15, 0.2) is 42.5 Å². The van der Waals surface area contributed by atoms with E-state index in [2.05, 4.69) is 23.1 Å². The molecule has 0 spiro atoms. The number of hydrogen-bond acceptors (Lipinski definition) is 3. The van der Waals surface area contributed by atoms with E-state index in [9.17, 15) is 4.79 Å². The summed E-state index contributed by atoms with van der Waals surface area (Å²) in [7, 11) is 1.77. The van der Waals surface area contributed by atoms with Crippen LogP contribution in [0.5, 0.6) is 5.75 Å². The van der Waals surface area contributed by atoms with E-state index >= 15 is 0 Å². The van der Waals surface area contributed by atoms with E-state index in [1.54, 1.807) is 19.2 Å². The van der Waals surface area contributed by atoms with Crippen LogP contribution in [-0.2, 0) is 0 Å². The molecule has 1 saturated heterocycles. The Kier molecular flexibility index (Phi) is 5.28. The number of primary amides is 1. The van der Waals surface area contributed by atoms with Crippen LogP contribution in [0.4, 0.5) is 0 Å². The normalized spacial score (nSPS) is 26.8. The summed E-state index contributed by atoms with van der Waals surface area (Å²) in [5, 5.41) is 0. The molecule has 4 heteroatoms. The second-order valence-electron chi connectivity index (χ2n) is 9.45. The largest absolute Gasteiger partial charge is 0.496 e. The van der Waals surface area contributed by atoms with Crippen molar-refractivity contribution in [1.29, 1.82) is 0 Å². The molecule has 2 aromatic carbocycles. The summed E-state index contributed by atoms with van der Waals surface area (Å²) < 4.78 is 5.73. The molecule has 3 aliphatic rings. The van der Waals surface area contributed by atoms with Gasteiger partial charge in [-0.1, -0.05) is 24.6 Å². The van der Waals surface area contributed by atoms with Crippen LogP contribution in [0.1, 0.15) is 60.4 Å². The van der Waals surface area contributed by atoms with Crippen LogP contribution in [0.2, 0.25) is 0 Å². The van der Waals surface area contributed by atoms with Crippen LogP contribution >= 0.6 is 0 Å². The summed E-state index contributed by atoms with van der Waals surface area (Å²) in [6, 6.07) is 14.9. The van der Waals surface area contributed by atoms with Gasteiger partial charge in [0, 0.05) is 11.6 Å². The smallest absolute Gasteiger partial charge is 0.248 e. The van der Waals surface area contributed by atoms with Crippen molar-refractivity contribution in [2.75, 3.05) is 20.2 Å². The zero-order valence-electron chi connectivity index (χ0n) is 17.8. The predicted molar refractivity (Wildman–Crippen MR) is 120 cm³/mol. The van der Waals surface area contributed by atoms with Gasteiger partial charge in [0.25, 0.3) is 0 Å². The number of nitrogens with zero attached hydrogens (tertiary/aromatic N) is 1. The maximum Gasteiger partial charge on any atom is 0.248 e. The van der Waals surface area contributed by atoms with Gasteiger partial charge >= 0.3 is 0 Å². The number of likely N-dealkylation sites (tertiary alicyclic amines) is 1. The molecule has 3 atom stereocenters. The van der Waals surface area contributed by atoms with E-state index in [0.29, 0.717) is 11.5 Å². The average molecular weight is 405 g/mol. The van der Waals surface area contributed by atoms with E-state index in [0.717, 1.165) is 34.8 Å². The number of ether oxygens (including phenoxy) is 1. The number of fused-ring (bicyclic) bond motifs is 2. The number of amides is 1. The number of methoxy groups -OCH3 is 1. The predicted octanol–water partition coefficient (Wildman–Crippen LogP) is 4.83. The molecule has 2 aromatic rings. The molecule has 1 amide bonds. The summed E-state index contributed by atoms with van der Waals surface area (Å²) in [4.78, 5) is 14.1. The highest BCUT2D eigenvalue weighted by Crippen LogP contribution is 2.48. The highest BCUT2D eigenvalue weighted by molar-refractivity contribution is 5.93. The number of hydrogen-bond donors (Lipinski definition) is 1. The fraction of sp³-hybridized carbons (Fsp3) is 0.500. The molecule has 0 aromatic heterocycles. The van der Waals surface area contributed by atoms with Crippen molar-refractivity contribution in [3.05, 3.63) is 53.6 Å². The molecule has 2 aliphatic carbocycles. The molecule has 0 radical (unpaired) electrons. The molecular weight excluding hydrogens is 372 g/mol. The first kappa shape index (κ1) is 19.6. The molecule has 30 heavy (non-hydrogen) atoms. The van der Waals surface area contributed by atoms with Gasteiger partial charge in [0.15, 0.2) is 0 Å². The zero-order valence-corrected chi connectivity index (χ0v) is 17.8. The lowest BCUT2D eigenvalue weighted by Gasteiger charge is -2.40. The van der Waals surface area contributed by atoms with E-state index in [1.165, 1.54) is 57.2 Å². The quantitative estimate of drug-likeness (QED) is 0.777. The molecule has 5 rings (SSSR count). The van der Waals surface area contributed by atoms with Crippen molar-refractivity contribution in [3.63, 3.8) is 0 Å². The topological polar surface area (TPSA) is 55.6 Å². The average Bonchev–Trinajstić information content (AvgIpc) is 3.43. The summed E-state index contributed by atoms with van der Waals surface area (Å²) in [6.45, 7) is 2.42. The molecule has 4 nitrogen and oxygen atoms in total. The van der Waals surface area contributed by atoms with Crippen LogP contribution in [0.25, 0.3) is 11.1 Å². The summed E-state index contributed by atoms with van der Waals surface area (Å²) in [5.41, 5.74) is 9.51. The van der Waals surface area contributed by atoms with E-state index in [4.69, 9.17) is 10.5 Å². The molecule has 2 bridgehead atoms. The Morgan fingerprint density at radius 1 is 0.967 bits per heavy atom. The SMILES string of the molecule is COc1ccc(-c2ccc(C(N)=O)cc2)cc1C1CCN([C@H]2C[C@H]3CC[C@H]2C3)CC1. The number of carbonyl (C=O) groups is 1. The third-order valence-corrected chi connectivity index (χ3v) is 7.87. The van der Waals surface area contributed by atoms with Crippen molar-refractivity contribution in [3.8, 4) is 16.9 Å². The van der Waals surface area contributed by atoms with Gasteiger partial charge in [-0.05, 0) is 104 Å². The minimum absolute atomic E-state index is 0.390. The maximum absolute atomic E-state index is 11.4. The molecule has 2 saturated carbocycles. The number of carbonyl (C=O) groups excluding carboxylic acids is 1. The standard InChI is InChI=1S/C26H32N2O2/c1-30-25-9-8-21(18-4-6-20(7-5-18)26(27)29)16-23(25)19-10-12-28(13-11-19)24-15-17-2-3-22(24)14-17/h4-9,16-17,19,22,24H,2-3,10-15H2,1H3,(H2,27,29)/t17-,22-,24-/m0/s1. The molecule has 158 valence electrons. The Morgan fingerprint density at radius 2 is 1.70 bits per heavy atom. The lowest BCUT2D eigenvalue weighted by atomic mass is 9.85. The number of nitrogens with two attached hydrogens (primary N) is 1. The number of rotatable bonds is 5. The van der Waals surface area contributed by atoms with Crippen LogP contribution in [0, 0.1) is 11.8 Å². The third-order valence-electron chi connectivity index (χ3n) is 7.87. The van der Waals surface area contributed by atoms with Gasteiger partial charge in [-0.25, -0.2) is 0 Å². The molecule has 3 fully saturated rings. The number of piperidine rings is 1. The summed E-state index contributed by atoms with van der Waals surface area (Å²) >= 11 is 0. The van der Waals surface area contributed by atoms with Crippen molar-refractivity contribution < 1.29 is 9.53 Å². The van der Waals surface area contributed by atoms with Gasteiger partial charge in [0.1, 0.15) is 5.75 Å². The fourth-order valence-electron chi connectivity index (χ4n) is 6.26. The van der Waals surface area contributed by atoms with Crippen molar-refractivity contribution >= 4 is 5.91 Å². The first-order valence-electron chi connectivity index (χ1n) is 11.4. The minimum atomic E-state index is -0.390. The molecular formula is C26H32N2O2. The van der Waals surface area contributed by atoms with Gasteiger partial charge in [-0.15, -0.1) is 0 Å². The Balaban J connectivity index is 1.32.